The van der Waals surface area contributed by atoms with Crippen molar-refractivity contribution in [1.82, 2.24) is 20.4 Å². The van der Waals surface area contributed by atoms with Gasteiger partial charge in [-0.2, -0.15) is 0 Å². The summed E-state index contributed by atoms with van der Waals surface area (Å²) in [4.78, 5) is 9.82. The van der Waals surface area contributed by atoms with Gasteiger partial charge in [0.2, 0.25) is 0 Å². The number of aliphatic imine (C=N–C) groups is 1. The molecule has 0 amide bonds. The van der Waals surface area contributed by atoms with Gasteiger partial charge in [-0.05, 0) is 56.7 Å². The summed E-state index contributed by atoms with van der Waals surface area (Å²) in [6.07, 6.45) is 5.29. The van der Waals surface area contributed by atoms with Crippen LogP contribution in [0.3, 0.4) is 0 Å². The molecule has 0 aliphatic carbocycles. The zero-order chi connectivity index (χ0) is 21.2. The summed E-state index contributed by atoms with van der Waals surface area (Å²) < 4.78 is 0. The molecule has 0 unspecified atom stereocenters. The van der Waals surface area contributed by atoms with Crippen molar-refractivity contribution in [3.8, 4) is 0 Å². The number of hydrogen-bond acceptors (Lipinski definition) is 4. The molecule has 1 aromatic rings. The SMILES string of the molecule is CCCN1CCC(NC(=NCc2ccc(CN3CCC(O)CC3)cc2)NCC)CC1.I. The second-order valence-corrected chi connectivity index (χ2v) is 8.78. The molecule has 0 spiro atoms. The van der Waals surface area contributed by atoms with Gasteiger partial charge >= 0.3 is 0 Å². The van der Waals surface area contributed by atoms with E-state index < -0.39 is 0 Å². The maximum absolute atomic E-state index is 9.66. The van der Waals surface area contributed by atoms with Gasteiger partial charge in [0.05, 0.1) is 12.6 Å². The number of likely N-dealkylation sites (tertiary alicyclic amines) is 2. The van der Waals surface area contributed by atoms with Gasteiger partial charge in [0.25, 0.3) is 0 Å². The number of aliphatic hydroxyl groups is 1. The van der Waals surface area contributed by atoms with E-state index in [4.69, 9.17) is 4.99 Å². The Morgan fingerprint density at radius 2 is 1.58 bits per heavy atom. The summed E-state index contributed by atoms with van der Waals surface area (Å²) in [6, 6.07) is 9.36. The highest BCUT2D eigenvalue weighted by atomic mass is 127. The Morgan fingerprint density at radius 1 is 0.968 bits per heavy atom. The fourth-order valence-corrected chi connectivity index (χ4v) is 4.39. The summed E-state index contributed by atoms with van der Waals surface area (Å²) in [5, 5.41) is 16.7. The van der Waals surface area contributed by atoms with Gasteiger partial charge in [0.1, 0.15) is 0 Å². The van der Waals surface area contributed by atoms with Crippen LogP contribution in [0.15, 0.2) is 29.3 Å². The highest BCUT2D eigenvalue weighted by molar-refractivity contribution is 14.0. The summed E-state index contributed by atoms with van der Waals surface area (Å²) >= 11 is 0. The molecule has 6 nitrogen and oxygen atoms in total. The Hall–Kier alpha value is -0.900. The number of halogens is 1. The highest BCUT2D eigenvalue weighted by Gasteiger charge is 2.19. The lowest BCUT2D eigenvalue weighted by Gasteiger charge is -2.32. The average Bonchev–Trinajstić information content (AvgIpc) is 2.76. The molecule has 0 saturated carbocycles. The molecule has 3 N–H and O–H groups in total. The number of aliphatic hydroxyl groups excluding tert-OH is 1. The lowest BCUT2D eigenvalue weighted by Crippen LogP contribution is -2.48. The monoisotopic (exact) mass is 543 g/mol. The van der Waals surface area contributed by atoms with E-state index in [0.29, 0.717) is 12.6 Å². The van der Waals surface area contributed by atoms with E-state index in [1.54, 1.807) is 0 Å². The molecule has 2 aliphatic rings. The minimum absolute atomic E-state index is 0. The molecule has 7 heteroatoms. The molecule has 2 aliphatic heterocycles. The number of rotatable bonds is 8. The van der Waals surface area contributed by atoms with E-state index in [1.807, 2.05) is 0 Å². The molecule has 0 atom stereocenters. The summed E-state index contributed by atoms with van der Waals surface area (Å²) in [6.45, 7) is 12.5. The Morgan fingerprint density at radius 3 is 2.19 bits per heavy atom. The third-order valence-corrected chi connectivity index (χ3v) is 6.22. The predicted octanol–water partition coefficient (Wildman–Crippen LogP) is 3.19. The van der Waals surface area contributed by atoms with Crippen molar-refractivity contribution < 1.29 is 5.11 Å². The predicted molar refractivity (Wildman–Crippen MR) is 140 cm³/mol. The molecule has 0 bridgehead atoms. The largest absolute Gasteiger partial charge is 0.393 e. The van der Waals surface area contributed by atoms with Crippen LogP contribution >= 0.6 is 24.0 Å². The first-order valence-corrected chi connectivity index (χ1v) is 11.9. The Balaban J connectivity index is 0.00000341. The molecule has 0 aromatic heterocycles. The van der Waals surface area contributed by atoms with Crippen molar-refractivity contribution in [3.05, 3.63) is 35.4 Å². The number of nitrogens with zero attached hydrogens (tertiary/aromatic N) is 3. The summed E-state index contributed by atoms with van der Waals surface area (Å²) in [7, 11) is 0. The van der Waals surface area contributed by atoms with Crippen LogP contribution in [0, 0.1) is 0 Å². The van der Waals surface area contributed by atoms with Crippen molar-refractivity contribution in [2.75, 3.05) is 39.3 Å². The van der Waals surface area contributed by atoms with E-state index in [9.17, 15) is 5.11 Å². The maximum Gasteiger partial charge on any atom is 0.191 e. The number of guanidine groups is 1. The lowest BCUT2D eigenvalue weighted by atomic mass is 10.1. The maximum atomic E-state index is 9.66. The Kier molecular flexibility index (Phi) is 12.1. The standard InChI is InChI=1S/C24H41N5O.HI/c1-3-13-28-14-9-22(10-15-28)27-24(25-4-2)26-18-20-5-7-21(8-6-20)19-29-16-11-23(30)12-17-29;/h5-8,22-23,30H,3-4,9-19H2,1-2H3,(H2,25,26,27);1H. The van der Waals surface area contributed by atoms with Crippen molar-refractivity contribution in [2.24, 2.45) is 4.99 Å². The first-order chi connectivity index (χ1) is 14.7. The van der Waals surface area contributed by atoms with Crippen LogP contribution in [0.2, 0.25) is 0 Å². The van der Waals surface area contributed by atoms with Gasteiger partial charge in [0, 0.05) is 45.3 Å². The van der Waals surface area contributed by atoms with Crippen molar-refractivity contribution >= 4 is 29.9 Å². The smallest absolute Gasteiger partial charge is 0.191 e. The fourth-order valence-electron chi connectivity index (χ4n) is 4.39. The lowest BCUT2D eigenvalue weighted by molar-refractivity contribution is 0.0792. The molecule has 0 radical (unpaired) electrons. The van der Waals surface area contributed by atoms with Crippen LogP contribution in [0.1, 0.15) is 57.1 Å². The topological polar surface area (TPSA) is 63.1 Å². The van der Waals surface area contributed by atoms with Crippen LogP contribution in [0.4, 0.5) is 0 Å². The number of nitrogens with one attached hydrogen (secondary N) is 2. The van der Waals surface area contributed by atoms with Crippen molar-refractivity contribution in [3.63, 3.8) is 0 Å². The molecule has 2 fully saturated rings. The van der Waals surface area contributed by atoms with Gasteiger partial charge in [-0.3, -0.25) is 4.90 Å². The third kappa shape index (κ3) is 9.24. The minimum Gasteiger partial charge on any atom is -0.393 e. The Labute approximate surface area is 205 Å². The van der Waals surface area contributed by atoms with Gasteiger partial charge in [0.15, 0.2) is 5.96 Å². The van der Waals surface area contributed by atoms with E-state index in [2.05, 4.69) is 58.5 Å². The number of hydrogen-bond donors (Lipinski definition) is 3. The van der Waals surface area contributed by atoms with Crippen LogP contribution in [-0.2, 0) is 13.1 Å². The fraction of sp³-hybridized carbons (Fsp3) is 0.708. The minimum atomic E-state index is -0.107. The van der Waals surface area contributed by atoms with Crippen LogP contribution in [0.25, 0.3) is 0 Å². The zero-order valence-corrected chi connectivity index (χ0v) is 21.7. The molecule has 31 heavy (non-hydrogen) atoms. The van der Waals surface area contributed by atoms with Gasteiger partial charge in [-0.1, -0.05) is 31.2 Å². The van der Waals surface area contributed by atoms with E-state index >= 15 is 0 Å². The Bertz CT molecular complexity index is 638. The first kappa shape index (κ1) is 26.4. The van der Waals surface area contributed by atoms with Crippen LogP contribution in [0.5, 0.6) is 0 Å². The van der Waals surface area contributed by atoms with Gasteiger partial charge in [-0.25, -0.2) is 4.99 Å². The second kappa shape index (κ2) is 14.3. The normalized spacial score (nSPS) is 19.8. The van der Waals surface area contributed by atoms with E-state index in [0.717, 1.165) is 45.0 Å². The van der Waals surface area contributed by atoms with Gasteiger partial charge < -0.3 is 20.6 Å². The van der Waals surface area contributed by atoms with E-state index in [1.165, 1.54) is 50.0 Å². The highest BCUT2D eigenvalue weighted by Crippen LogP contribution is 2.15. The third-order valence-electron chi connectivity index (χ3n) is 6.22. The summed E-state index contributed by atoms with van der Waals surface area (Å²) in [5.74, 6) is 0.933. The number of piperidine rings is 2. The number of benzene rings is 1. The average molecular weight is 544 g/mol. The van der Waals surface area contributed by atoms with Crippen molar-refractivity contribution in [1.29, 1.82) is 0 Å². The second-order valence-electron chi connectivity index (χ2n) is 8.78. The zero-order valence-electron chi connectivity index (χ0n) is 19.4. The molecular formula is C24H42IN5O. The first-order valence-electron chi connectivity index (χ1n) is 11.9. The summed E-state index contributed by atoms with van der Waals surface area (Å²) in [5.41, 5.74) is 2.57. The quantitative estimate of drug-likeness (QED) is 0.267. The molecule has 2 saturated heterocycles. The van der Waals surface area contributed by atoms with Crippen LogP contribution in [-0.4, -0.2) is 72.3 Å². The molecule has 3 rings (SSSR count). The van der Waals surface area contributed by atoms with Crippen molar-refractivity contribution in [2.45, 2.75) is 71.2 Å². The van der Waals surface area contributed by atoms with Crippen LogP contribution < -0.4 is 10.6 Å². The molecular weight excluding hydrogens is 501 g/mol. The van der Waals surface area contributed by atoms with Gasteiger partial charge in [-0.15, -0.1) is 24.0 Å². The molecule has 176 valence electrons. The molecule has 2 heterocycles. The molecule has 1 aromatic carbocycles. The van der Waals surface area contributed by atoms with E-state index in [-0.39, 0.29) is 30.1 Å².